The smallest absolute Gasteiger partial charge is 0.325 e. The van der Waals surface area contributed by atoms with Crippen molar-refractivity contribution in [2.24, 2.45) is 0 Å². The van der Waals surface area contributed by atoms with E-state index in [2.05, 4.69) is 39.8 Å². The van der Waals surface area contributed by atoms with Gasteiger partial charge in [0.05, 0.1) is 35.4 Å². The van der Waals surface area contributed by atoms with Gasteiger partial charge < -0.3 is 10.4 Å². The average molecular weight is 367 g/mol. The fourth-order valence-corrected chi connectivity index (χ4v) is 2.79. The monoisotopic (exact) mass is 367 g/mol. The van der Waals surface area contributed by atoms with E-state index in [1.54, 1.807) is 0 Å². The number of hydrogen-bond donors (Lipinski definition) is 2. The Morgan fingerprint density at radius 2 is 1.85 bits per heavy atom. The van der Waals surface area contributed by atoms with Crippen molar-refractivity contribution in [3.8, 4) is 0 Å². The van der Waals surface area contributed by atoms with Crippen LogP contribution in [0.15, 0.2) is 36.7 Å². The lowest BCUT2D eigenvalue weighted by molar-refractivity contribution is -0.137. The summed E-state index contributed by atoms with van der Waals surface area (Å²) in [6, 6.07) is 8.22. The molecule has 1 aromatic carbocycles. The Morgan fingerprint density at radius 3 is 2.52 bits per heavy atom. The maximum Gasteiger partial charge on any atom is 0.325 e. The summed E-state index contributed by atoms with van der Waals surface area (Å²) in [6.45, 7) is 6.10. The summed E-state index contributed by atoms with van der Waals surface area (Å²) in [7, 11) is 0. The van der Waals surface area contributed by atoms with Crippen molar-refractivity contribution in [2.75, 3.05) is 5.32 Å². The van der Waals surface area contributed by atoms with E-state index in [4.69, 9.17) is 5.11 Å². The molecule has 8 nitrogen and oxygen atoms in total. The number of nitrogens with one attached hydrogen (secondary N) is 1. The molecule has 0 saturated carbocycles. The maximum absolute atomic E-state index is 12.5. The normalized spacial score (nSPS) is 10.8. The average Bonchev–Trinajstić information content (AvgIpc) is 3.17. The Labute approximate surface area is 156 Å². The first kappa shape index (κ1) is 18.4. The highest BCUT2D eigenvalue weighted by molar-refractivity contribution is 6.04. The van der Waals surface area contributed by atoms with Gasteiger partial charge in [0.2, 0.25) is 0 Å². The lowest BCUT2D eigenvalue weighted by atomic mass is 10.1. The van der Waals surface area contributed by atoms with E-state index < -0.39 is 5.97 Å². The lowest BCUT2D eigenvalue weighted by Gasteiger charge is -2.07. The Kier molecular flexibility index (Phi) is 5.07. The van der Waals surface area contributed by atoms with Crippen molar-refractivity contribution in [2.45, 2.75) is 33.9 Å². The maximum atomic E-state index is 12.5. The van der Waals surface area contributed by atoms with Crippen molar-refractivity contribution >= 4 is 17.6 Å². The Balaban J connectivity index is 1.76. The van der Waals surface area contributed by atoms with Gasteiger partial charge in [-0.15, -0.1) is 0 Å². The molecule has 1 amide bonds. The van der Waals surface area contributed by atoms with Crippen LogP contribution in [0.4, 0.5) is 5.69 Å². The molecule has 0 aliphatic rings. The van der Waals surface area contributed by atoms with E-state index in [1.165, 1.54) is 22.6 Å². The molecule has 8 heteroatoms. The zero-order valence-corrected chi connectivity index (χ0v) is 15.4. The van der Waals surface area contributed by atoms with Crippen molar-refractivity contribution in [1.82, 2.24) is 19.6 Å². The number of carboxylic acids is 1. The molecule has 3 aromatic rings. The number of anilines is 1. The minimum atomic E-state index is -1.02. The fraction of sp³-hybridized carbons (Fsp3) is 0.263. The predicted molar refractivity (Wildman–Crippen MR) is 99.8 cm³/mol. The third-order valence-corrected chi connectivity index (χ3v) is 4.27. The van der Waals surface area contributed by atoms with Crippen LogP contribution in [0.3, 0.4) is 0 Å². The van der Waals surface area contributed by atoms with Crippen LogP contribution in [0, 0.1) is 20.8 Å². The van der Waals surface area contributed by atoms with E-state index in [0.717, 1.165) is 11.3 Å². The number of carbonyl (C=O) groups excluding carboxylic acids is 1. The van der Waals surface area contributed by atoms with Crippen molar-refractivity contribution < 1.29 is 14.7 Å². The van der Waals surface area contributed by atoms with Gasteiger partial charge in [0.1, 0.15) is 6.54 Å². The zero-order valence-electron chi connectivity index (χ0n) is 15.4. The first-order chi connectivity index (χ1) is 12.8. The van der Waals surface area contributed by atoms with Crippen LogP contribution >= 0.6 is 0 Å². The van der Waals surface area contributed by atoms with Crippen molar-refractivity contribution in [3.05, 3.63) is 64.7 Å². The van der Waals surface area contributed by atoms with Gasteiger partial charge in [-0.1, -0.05) is 29.8 Å². The van der Waals surface area contributed by atoms with Crippen LogP contribution in [0.5, 0.6) is 0 Å². The molecule has 0 spiro atoms. The van der Waals surface area contributed by atoms with Gasteiger partial charge in [-0.2, -0.15) is 10.2 Å². The van der Waals surface area contributed by atoms with Crippen LogP contribution in [-0.2, 0) is 17.9 Å². The van der Waals surface area contributed by atoms with Gasteiger partial charge in [-0.3, -0.25) is 19.0 Å². The number of amides is 1. The molecule has 27 heavy (non-hydrogen) atoms. The zero-order chi connectivity index (χ0) is 19.6. The van der Waals surface area contributed by atoms with Crippen molar-refractivity contribution in [3.63, 3.8) is 0 Å². The molecule has 0 atom stereocenters. The third-order valence-electron chi connectivity index (χ3n) is 4.27. The molecule has 0 bridgehead atoms. The molecular formula is C19H21N5O3. The second kappa shape index (κ2) is 7.45. The van der Waals surface area contributed by atoms with E-state index in [0.29, 0.717) is 23.5 Å². The van der Waals surface area contributed by atoms with Gasteiger partial charge >= 0.3 is 5.97 Å². The molecule has 0 aliphatic carbocycles. The number of carbonyl (C=O) groups is 2. The number of nitrogens with zero attached hydrogens (tertiary/aromatic N) is 4. The summed E-state index contributed by atoms with van der Waals surface area (Å²) < 4.78 is 3.06. The van der Waals surface area contributed by atoms with Gasteiger partial charge in [0.15, 0.2) is 0 Å². The van der Waals surface area contributed by atoms with Crippen LogP contribution in [-0.4, -0.2) is 36.5 Å². The molecule has 3 rings (SSSR count). The fourth-order valence-electron chi connectivity index (χ4n) is 2.79. The third kappa shape index (κ3) is 4.22. The number of rotatable bonds is 6. The quantitative estimate of drug-likeness (QED) is 0.696. The van der Waals surface area contributed by atoms with E-state index in [1.807, 2.05) is 25.5 Å². The van der Waals surface area contributed by atoms with E-state index >= 15 is 0 Å². The second-order valence-electron chi connectivity index (χ2n) is 6.46. The summed E-state index contributed by atoms with van der Waals surface area (Å²) in [4.78, 5) is 23.2. The predicted octanol–water partition coefficient (Wildman–Crippen LogP) is 2.39. The molecule has 2 N–H and O–H groups in total. The molecule has 0 unspecified atom stereocenters. The SMILES string of the molecule is Cc1ccc(Cn2nc(C)c(NC(=O)c3cnn(CC(=O)O)c3)c2C)cc1. The summed E-state index contributed by atoms with van der Waals surface area (Å²) in [6.07, 6.45) is 2.75. The van der Waals surface area contributed by atoms with Gasteiger partial charge in [-0.05, 0) is 26.3 Å². The molecule has 0 aliphatic heterocycles. The summed E-state index contributed by atoms with van der Waals surface area (Å²) in [5.41, 5.74) is 4.83. The van der Waals surface area contributed by atoms with E-state index in [-0.39, 0.29) is 12.5 Å². The highest BCUT2D eigenvalue weighted by Gasteiger charge is 2.17. The number of aryl methyl sites for hydroxylation is 2. The Bertz CT molecular complexity index is 985. The number of aliphatic carboxylic acids is 1. The van der Waals surface area contributed by atoms with E-state index in [9.17, 15) is 9.59 Å². The highest BCUT2D eigenvalue weighted by atomic mass is 16.4. The Hall–Kier alpha value is -3.42. The van der Waals surface area contributed by atoms with Crippen LogP contribution in [0.25, 0.3) is 0 Å². The lowest BCUT2D eigenvalue weighted by Crippen LogP contribution is -2.13. The second-order valence-corrected chi connectivity index (χ2v) is 6.46. The van der Waals surface area contributed by atoms with Gasteiger partial charge in [-0.25, -0.2) is 0 Å². The molecule has 0 saturated heterocycles. The number of aromatic nitrogens is 4. The van der Waals surface area contributed by atoms with Gasteiger partial charge in [0.25, 0.3) is 5.91 Å². The number of carboxylic acid groups (broad SMARTS) is 1. The van der Waals surface area contributed by atoms with Crippen LogP contribution < -0.4 is 5.32 Å². The molecule has 0 radical (unpaired) electrons. The van der Waals surface area contributed by atoms with Crippen LogP contribution in [0.1, 0.15) is 32.9 Å². The largest absolute Gasteiger partial charge is 0.480 e. The topological polar surface area (TPSA) is 102 Å². The standard InChI is InChI=1S/C19H21N5O3/c1-12-4-6-15(7-5-12)9-24-14(3)18(13(2)22-24)21-19(27)16-8-20-23(10-16)11-17(25)26/h4-8,10H,9,11H2,1-3H3,(H,21,27)(H,25,26). The van der Waals surface area contributed by atoms with Gasteiger partial charge in [0, 0.05) is 6.20 Å². The minimum absolute atomic E-state index is 0.292. The molecule has 140 valence electrons. The molecule has 0 fully saturated rings. The molecular weight excluding hydrogens is 346 g/mol. The molecule has 2 aromatic heterocycles. The van der Waals surface area contributed by atoms with Crippen LogP contribution in [0.2, 0.25) is 0 Å². The molecule has 2 heterocycles. The number of benzene rings is 1. The Morgan fingerprint density at radius 1 is 1.15 bits per heavy atom. The number of hydrogen-bond acceptors (Lipinski definition) is 4. The summed E-state index contributed by atoms with van der Waals surface area (Å²) >= 11 is 0. The summed E-state index contributed by atoms with van der Waals surface area (Å²) in [5, 5.41) is 20.1. The highest BCUT2D eigenvalue weighted by Crippen LogP contribution is 2.21. The first-order valence-corrected chi connectivity index (χ1v) is 8.48. The summed E-state index contributed by atoms with van der Waals surface area (Å²) in [5.74, 6) is -1.37. The first-order valence-electron chi connectivity index (χ1n) is 8.48. The minimum Gasteiger partial charge on any atom is -0.480 e. The van der Waals surface area contributed by atoms with Crippen molar-refractivity contribution in [1.29, 1.82) is 0 Å².